The van der Waals surface area contributed by atoms with E-state index in [0.717, 1.165) is 12.8 Å². The van der Waals surface area contributed by atoms with Gasteiger partial charge in [0.25, 0.3) is 0 Å². The molecule has 6 rings (SSSR count). The number of hydrogen-bond acceptors (Lipinski definition) is 0. The number of benzene rings is 4. The van der Waals surface area contributed by atoms with E-state index in [1.165, 1.54) is 44.5 Å². The first-order valence-electron chi connectivity index (χ1n) is 10.8. The third-order valence-corrected chi connectivity index (χ3v) is 5.23. The van der Waals surface area contributed by atoms with Crippen LogP contribution in [0.3, 0.4) is 0 Å². The Morgan fingerprint density at radius 1 is 0.559 bits per heavy atom. The summed E-state index contributed by atoms with van der Waals surface area (Å²) in [5.74, 6) is 0. The second-order valence-corrected chi connectivity index (χ2v) is 6.79. The summed E-state index contributed by atoms with van der Waals surface area (Å²) in [5, 5.41) is 0. The maximum absolute atomic E-state index is 3.30. The summed E-state index contributed by atoms with van der Waals surface area (Å²) >= 11 is 1.58. The summed E-state index contributed by atoms with van der Waals surface area (Å²) in [6, 6.07) is 36.2. The molecular formula is C32H36SiZr-6. The molecule has 2 aliphatic rings. The van der Waals surface area contributed by atoms with Gasteiger partial charge in [0.2, 0.25) is 0 Å². The van der Waals surface area contributed by atoms with Crippen LogP contribution in [0.2, 0.25) is 0 Å². The normalized spacial score (nSPS) is 9.85. The number of fused-ring (bicyclic) bond motifs is 6. The molecule has 2 heteroatoms. The van der Waals surface area contributed by atoms with Gasteiger partial charge in [-0.15, -0.1) is 11.1 Å². The summed E-state index contributed by atoms with van der Waals surface area (Å²) < 4.78 is 0. The number of rotatable bonds is 0. The minimum absolute atomic E-state index is 0. The van der Waals surface area contributed by atoms with Crippen LogP contribution in [0.1, 0.15) is 36.1 Å². The van der Waals surface area contributed by atoms with Crippen molar-refractivity contribution in [3.05, 3.63) is 148 Å². The van der Waals surface area contributed by atoms with Crippen molar-refractivity contribution in [3.8, 4) is 22.3 Å². The molecule has 0 heterocycles. The Bertz CT molecular complexity index is 941. The topological polar surface area (TPSA) is 0 Å². The van der Waals surface area contributed by atoms with Crippen molar-refractivity contribution < 1.29 is 23.3 Å². The fraction of sp³-hybridized carbons (Fsp3) is 0.125. The standard InChI is InChI=1S/2C13H9.2C2H5.2CH3.H2Si.Zr/c2*1-3-7-12-10(5-1)9-11-6-2-4-8-13(11)12;2*1-2;;;;/h2*1-5,7-8H,9H2;2*1H2,2H3;2*1H3;1H2;/q6*-1;;. The zero-order valence-electron chi connectivity index (χ0n) is 21.1. The second-order valence-electron chi connectivity index (χ2n) is 6.79. The van der Waals surface area contributed by atoms with E-state index in [0.29, 0.717) is 0 Å². The zero-order valence-corrected chi connectivity index (χ0v) is 25.0. The molecular weight excluding hydrogens is 504 g/mol. The summed E-state index contributed by atoms with van der Waals surface area (Å²) in [4.78, 5) is 0. The Labute approximate surface area is 226 Å². The van der Waals surface area contributed by atoms with Gasteiger partial charge in [0.15, 0.2) is 0 Å². The van der Waals surface area contributed by atoms with E-state index in [1.54, 1.807) is 37.2 Å². The van der Waals surface area contributed by atoms with E-state index in [-0.39, 0.29) is 14.9 Å². The van der Waals surface area contributed by atoms with Crippen molar-refractivity contribution in [1.82, 2.24) is 0 Å². The van der Waals surface area contributed by atoms with Gasteiger partial charge in [-0.3, -0.25) is 0 Å². The van der Waals surface area contributed by atoms with Gasteiger partial charge in [-0.05, 0) is 12.8 Å². The van der Waals surface area contributed by atoms with Crippen molar-refractivity contribution in [3.63, 3.8) is 0 Å². The molecule has 4 aromatic rings. The summed E-state index contributed by atoms with van der Waals surface area (Å²) in [6.45, 7) is 12.0. The molecule has 0 amide bonds. The first kappa shape index (κ1) is 32.0. The zero-order chi connectivity index (χ0) is 23.3. The maximum atomic E-state index is 3.30. The summed E-state index contributed by atoms with van der Waals surface area (Å²) in [6.07, 6.45) is 2.10. The van der Waals surface area contributed by atoms with Crippen LogP contribution in [0.25, 0.3) is 22.3 Å². The number of hydrogen-bond donors (Lipinski definition) is 0. The van der Waals surface area contributed by atoms with Gasteiger partial charge >= 0.3 is 30.2 Å². The van der Waals surface area contributed by atoms with E-state index >= 15 is 0 Å². The van der Waals surface area contributed by atoms with Crippen LogP contribution in [0.4, 0.5) is 0 Å². The Morgan fingerprint density at radius 3 is 1.26 bits per heavy atom. The molecule has 0 N–H and O–H groups in total. The van der Waals surface area contributed by atoms with Crippen LogP contribution in [0.5, 0.6) is 0 Å². The van der Waals surface area contributed by atoms with E-state index in [4.69, 9.17) is 0 Å². The molecule has 0 unspecified atom stereocenters. The molecule has 0 aromatic heterocycles. The molecule has 0 nitrogen and oxygen atoms in total. The molecule has 2 aliphatic carbocycles. The largest absolute Gasteiger partial charge is 0.179 e. The molecule has 4 aromatic carbocycles. The molecule has 0 atom stereocenters. The van der Waals surface area contributed by atoms with Gasteiger partial charge in [0.1, 0.15) is 0 Å². The van der Waals surface area contributed by atoms with Crippen molar-refractivity contribution in [2.45, 2.75) is 26.7 Å². The molecule has 34 heavy (non-hydrogen) atoms. The van der Waals surface area contributed by atoms with Gasteiger partial charge in [-0.1, -0.05) is 70.8 Å². The Morgan fingerprint density at radius 2 is 0.882 bits per heavy atom. The third-order valence-electron chi connectivity index (χ3n) is 5.23. The van der Waals surface area contributed by atoms with Crippen molar-refractivity contribution in [2.24, 2.45) is 0 Å². The molecule has 0 bridgehead atoms. The molecule has 0 spiro atoms. The van der Waals surface area contributed by atoms with Crippen LogP contribution in [0.15, 0.2) is 84.9 Å². The summed E-state index contributed by atoms with van der Waals surface area (Å²) in [5.41, 5.74) is 11.0. The van der Waals surface area contributed by atoms with Crippen LogP contribution >= 0.6 is 0 Å². The van der Waals surface area contributed by atoms with Gasteiger partial charge in [0.05, 0.1) is 0 Å². The van der Waals surface area contributed by atoms with Crippen LogP contribution in [-0.4, -0.2) is 6.88 Å². The van der Waals surface area contributed by atoms with E-state index in [2.05, 4.69) is 98.8 Å². The van der Waals surface area contributed by atoms with Crippen LogP contribution < -0.4 is 0 Å². The fourth-order valence-electron chi connectivity index (χ4n) is 4.00. The van der Waals surface area contributed by atoms with Gasteiger partial charge in [-0.25, -0.2) is 0 Å². The molecule has 178 valence electrons. The Kier molecular flexibility index (Phi) is 16.4. The Balaban J connectivity index is 0.000000502. The SMILES string of the molecule is [CH2-]C.[CH2-]C.[CH3-].[CH3-].[SiH2]=[Zr].[c-]1cccc2c1Cc1ccccc1-2.[c-]1cccc2c1Cc1ccccc1-2. The molecule has 0 radical (unpaired) electrons. The molecule has 0 aliphatic heterocycles. The van der Waals surface area contributed by atoms with Gasteiger partial charge < -0.3 is 28.7 Å². The minimum Gasteiger partial charge on any atom is -0.179 e. The average molecular weight is 540 g/mol. The third kappa shape index (κ3) is 7.49. The fourth-order valence-corrected chi connectivity index (χ4v) is 4.00. The van der Waals surface area contributed by atoms with Crippen molar-refractivity contribution in [2.75, 3.05) is 0 Å². The first-order chi connectivity index (χ1) is 15.9. The van der Waals surface area contributed by atoms with E-state index in [9.17, 15) is 0 Å². The minimum atomic E-state index is 0. The van der Waals surface area contributed by atoms with Crippen molar-refractivity contribution >= 4 is 6.88 Å². The van der Waals surface area contributed by atoms with Gasteiger partial charge in [0, 0.05) is 0 Å². The van der Waals surface area contributed by atoms with E-state index < -0.39 is 0 Å². The predicted molar refractivity (Wildman–Crippen MR) is 150 cm³/mol. The van der Waals surface area contributed by atoms with Crippen molar-refractivity contribution in [1.29, 1.82) is 0 Å². The van der Waals surface area contributed by atoms with Crippen LogP contribution in [0, 0.1) is 40.8 Å². The Hall–Kier alpha value is -2.02. The molecule has 0 fully saturated rings. The maximum Gasteiger partial charge on any atom is -0.0253 e. The smallest absolute Gasteiger partial charge is 0.0253 e. The molecule has 0 saturated heterocycles. The van der Waals surface area contributed by atoms with Gasteiger partial charge in [-0.2, -0.15) is 73.5 Å². The second kappa shape index (κ2) is 17.4. The first-order valence-corrected chi connectivity index (χ1v) is 16.7. The quantitative estimate of drug-likeness (QED) is 0.137. The summed E-state index contributed by atoms with van der Waals surface area (Å²) in [7, 11) is 0. The average Bonchev–Trinajstić information content (AvgIpc) is 3.46. The monoisotopic (exact) mass is 538 g/mol. The molecule has 0 saturated carbocycles. The van der Waals surface area contributed by atoms with Crippen LogP contribution in [-0.2, 0) is 36.2 Å². The predicted octanol–water partition coefficient (Wildman–Crippen LogP) is 7.78. The van der Waals surface area contributed by atoms with E-state index in [1.807, 2.05) is 19.0 Å².